The maximum Gasteiger partial charge on any atom is 0.159 e. The van der Waals surface area contributed by atoms with E-state index in [1.807, 2.05) is 0 Å². The summed E-state index contributed by atoms with van der Waals surface area (Å²) in [6, 6.07) is 76.8. The van der Waals surface area contributed by atoms with Crippen molar-refractivity contribution in [2.24, 2.45) is 0 Å². The lowest BCUT2D eigenvalue weighted by molar-refractivity contribution is 0.673. The lowest BCUT2D eigenvalue weighted by Gasteiger charge is -2.34. The van der Waals surface area contributed by atoms with E-state index in [9.17, 15) is 0 Å². The Hall–Kier alpha value is -7.16. The zero-order valence-electron chi connectivity index (χ0n) is 30.1. The van der Waals surface area contributed by atoms with Crippen molar-refractivity contribution in [3.05, 3.63) is 235 Å². The third-order valence-electron chi connectivity index (χ3n) is 11.5. The summed E-state index contributed by atoms with van der Waals surface area (Å²) in [5, 5.41) is 4.53. The van der Waals surface area contributed by atoms with E-state index in [2.05, 4.69) is 217 Å². The van der Waals surface area contributed by atoms with E-state index < -0.39 is 5.41 Å². The van der Waals surface area contributed by atoms with Gasteiger partial charge < -0.3 is 9.32 Å². The Labute approximate surface area is 320 Å². The van der Waals surface area contributed by atoms with E-state index in [4.69, 9.17) is 4.42 Å². The minimum absolute atomic E-state index is 0.439. The standard InChI is InChI=1S/C53H35NO/c1-4-16-39(17-5-1)53(40-18-6-2-7-19-40)48-25-13-12-23-44(48)45-33-30-38(35-49(45)53)36-27-31-42(32-28-36)54(41-20-8-3-9-21-41)50-26-14-24-46-47-34-29-37-15-10-11-22-43(37)51(47)55-52(46)50/h1-35H. The van der Waals surface area contributed by atoms with Crippen molar-refractivity contribution in [3.8, 4) is 22.3 Å². The van der Waals surface area contributed by atoms with Crippen LogP contribution in [-0.2, 0) is 5.41 Å². The number of anilines is 3. The van der Waals surface area contributed by atoms with E-state index in [0.717, 1.165) is 44.4 Å². The maximum absolute atomic E-state index is 6.83. The van der Waals surface area contributed by atoms with Gasteiger partial charge in [-0.1, -0.05) is 170 Å². The number of rotatable bonds is 6. The van der Waals surface area contributed by atoms with Gasteiger partial charge in [0.05, 0.1) is 11.1 Å². The molecule has 1 aliphatic carbocycles. The van der Waals surface area contributed by atoms with Gasteiger partial charge in [0.1, 0.15) is 5.58 Å². The molecule has 10 aromatic rings. The van der Waals surface area contributed by atoms with E-state index in [-0.39, 0.29) is 0 Å². The van der Waals surface area contributed by atoms with Crippen LogP contribution in [0.4, 0.5) is 17.1 Å². The summed E-state index contributed by atoms with van der Waals surface area (Å²) in [4.78, 5) is 2.31. The lowest BCUT2D eigenvalue weighted by atomic mass is 9.67. The van der Waals surface area contributed by atoms with Crippen LogP contribution in [0.2, 0.25) is 0 Å². The molecule has 2 nitrogen and oxygen atoms in total. The summed E-state index contributed by atoms with van der Waals surface area (Å²) in [6.07, 6.45) is 0. The molecule has 258 valence electrons. The van der Waals surface area contributed by atoms with Crippen LogP contribution in [0.25, 0.3) is 55.0 Å². The SMILES string of the molecule is c1ccc(N(c2ccc(-c3ccc4c(c3)C(c3ccccc3)(c3ccccc3)c3ccccc3-4)cc2)c2cccc3c2oc2c4ccccc4ccc32)cc1. The van der Waals surface area contributed by atoms with Gasteiger partial charge in [0.2, 0.25) is 0 Å². The second kappa shape index (κ2) is 12.5. The first-order valence-electron chi connectivity index (χ1n) is 18.9. The summed E-state index contributed by atoms with van der Waals surface area (Å²) >= 11 is 0. The fourth-order valence-electron chi connectivity index (χ4n) is 9.12. The highest BCUT2D eigenvalue weighted by Gasteiger charge is 2.46. The fourth-order valence-corrected chi connectivity index (χ4v) is 9.12. The molecule has 0 saturated heterocycles. The van der Waals surface area contributed by atoms with E-state index in [0.29, 0.717) is 0 Å². The van der Waals surface area contributed by atoms with Crippen LogP contribution in [0.15, 0.2) is 217 Å². The number of fused-ring (bicyclic) bond motifs is 8. The molecule has 0 amide bonds. The van der Waals surface area contributed by atoms with Crippen LogP contribution in [-0.4, -0.2) is 0 Å². The van der Waals surface area contributed by atoms with Gasteiger partial charge in [-0.05, 0) is 92.4 Å². The number of para-hydroxylation sites is 2. The molecular formula is C53H35NO. The van der Waals surface area contributed by atoms with Gasteiger partial charge >= 0.3 is 0 Å². The number of hydrogen-bond acceptors (Lipinski definition) is 2. The highest BCUT2D eigenvalue weighted by Crippen LogP contribution is 2.56. The number of benzene rings is 9. The molecule has 0 radical (unpaired) electrons. The summed E-state index contributed by atoms with van der Waals surface area (Å²) in [6.45, 7) is 0. The van der Waals surface area contributed by atoms with Crippen LogP contribution in [0.3, 0.4) is 0 Å². The summed E-state index contributed by atoms with van der Waals surface area (Å²) in [7, 11) is 0. The Morgan fingerprint density at radius 2 is 0.945 bits per heavy atom. The molecule has 1 heterocycles. The molecule has 0 aliphatic heterocycles. The van der Waals surface area contributed by atoms with Gasteiger partial charge in [-0.15, -0.1) is 0 Å². The molecule has 0 atom stereocenters. The highest BCUT2D eigenvalue weighted by atomic mass is 16.3. The molecule has 0 unspecified atom stereocenters. The summed E-state index contributed by atoms with van der Waals surface area (Å²) in [5.74, 6) is 0. The monoisotopic (exact) mass is 701 g/mol. The van der Waals surface area contributed by atoms with Crippen LogP contribution in [0, 0.1) is 0 Å². The Kier molecular flexibility index (Phi) is 7.11. The zero-order valence-corrected chi connectivity index (χ0v) is 30.1. The molecule has 0 fully saturated rings. The van der Waals surface area contributed by atoms with Gasteiger partial charge in [0.15, 0.2) is 5.58 Å². The Balaban J connectivity index is 1.06. The average Bonchev–Trinajstić information content (AvgIpc) is 3.80. The molecule has 1 aromatic heterocycles. The lowest BCUT2D eigenvalue weighted by Crippen LogP contribution is -2.28. The summed E-state index contributed by atoms with van der Waals surface area (Å²) in [5.41, 5.74) is 14.6. The van der Waals surface area contributed by atoms with Crippen LogP contribution >= 0.6 is 0 Å². The van der Waals surface area contributed by atoms with Gasteiger partial charge in [0, 0.05) is 27.5 Å². The third-order valence-corrected chi connectivity index (χ3v) is 11.5. The molecule has 2 heteroatoms. The minimum Gasteiger partial charge on any atom is -0.453 e. The van der Waals surface area contributed by atoms with Crippen LogP contribution in [0.5, 0.6) is 0 Å². The van der Waals surface area contributed by atoms with Gasteiger partial charge in [-0.3, -0.25) is 0 Å². The third kappa shape index (κ3) is 4.75. The fraction of sp³-hybridized carbons (Fsp3) is 0.0189. The molecule has 1 aliphatic rings. The maximum atomic E-state index is 6.83. The highest BCUT2D eigenvalue weighted by molar-refractivity contribution is 6.17. The Morgan fingerprint density at radius 3 is 1.71 bits per heavy atom. The van der Waals surface area contributed by atoms with E-state index in [1.165, 1.54) is 49.9 Å². The average molecular weight is 702 g/mol. The number of hydrogen-bond donors (Lipinski definition) is 0. The van der Waals surface area contributed by atoms with Crippen molar-refractivity contribution in [2.45, 2.75) is 5.41 Å². The first-order chi connectivity index (χ1) is 27.3. The molecule has 11 rings (SSSR count). The molecule has 0 spiro atoms. The van der Waals surface area contributed by atoms with E-state index in [1.54, 1.807) is 0 Å². The molecular weight excluding hydrogens is 667 g/mol. The van der Waals surface area contributed by atoms with Crippen molar-refractivity contribution in [1.29, 1.82) is 0 Å². The quantitative estimate of drug-likeness (QED) is 0.172. The Morgan fingerprint density at radius 1 is 0.364 bits per heavy atom. The van der Waals surface area contributed by atoms with Crippen molar-refractivity contribution in [1.82, 2.24) is 0 Å². The van der Waals surface area contributed by atoms with Crippen LogP contribution < -0.4 is 4.90 Å². The molecule has 55 heavy (non-hydrogen) atoms. The second-order valence-electron chi connectivity index (χ2n) is 14.4. The molecule has 0 bridgehead atoms. The largest absolute Gasteiger partial charge is 0.453 e. The summed E-state index contributed by atoms with van der Waals surface area (Å²) < 4.78 is 6.83. The predicted octanol–water partition coefficient (Wildman–Crippen LogP) is 14.2. The first-order valence-corrected chi connectivity index (χ1v) is 18.9. The minimum atomic E-state index is -0.439. The van der Waals surface area contributed by atoms with Gasteiger partial charge in [0.25, 0.3) is 0 Å². The predicted molar refractivity (Wildman–Crippen MR) is 229 cm³/mol. The van der Waals surface area contributed by atoms with Gasteiger partial charge in [-0.2, -0.15) is 0 Å². The molecule has 0 saturated carbocycles. The zero-order chi connectivity index (χ0) is 36.3. The van der Waals surface area contributed by atoms with Crippen LogP contribution in [0.1, 0.15) is 22.3 Å². The van der Waals surface area contributed by atoms with Gasteiger partial charge in [-0.25, -0.2) is 0 Å². The number of nitrogens with zero attached hydrogens (tertiary/aromatic N) is 1. The second-order valence-corrected chi connectivity index (χ2v) is 14.4. The smallest absolute Gasteiger partial charge is 0.159 e. The Bertz CT molecular complexity index is 2980. The molecule has 9 aromatic carbocycles. The van der Waals surface area contributed by atoms with E-state index >= 15 is 0 Å². The first kappa shape index (κ1) is 31.4. The molecule has 0 N–H and O–H groups in total. The van der Waals surface area contributed by atoms with Crippen molar-refractivity contribution < 1.29 is 4.42 Å². The topological polar surface area (TPSA) is 16.4 Å². The van der Waals surface area contributed by atoms with Crippen molar-refractivity contribution >= 4 is 49.8 Å². The van der Waals surface area contributed by atoms with Crippen molar-refractivity contribution in [2.75, 3.05) is 4.90 Å². The normalized spacial score (nSPS) is 12.9. The van der Waals surface area contributed by atoms with Crippen molar-refractivity contribution in [3.63, 3.8) is 0 Å². The number of furan rings is 1.